The standard InChI is InChI=1S/C13H20BrNO2S/c1-10(9-18(3,16)17)8-15-11(2)12-5-4-6-13(14)7-12/h4-7,10-11,15H,8-9H2,1-3H3/t10-,11-/m0/s1. The number of halogens is 1. The maximum Gasteiger partial charge on any atom is 0.147 e. The second-order valence-electron chi connectivity index (χ2n) is 4.88. The number of hydrogen-bond donors (Lipinski definition) is 1. The van der Waals surface area contributed by atoms with Gasteiger partial charge in [-0.25, -0.2) is 8.42 Å². The highest BCUT2D eigenvalue weighted by Gasteiger charge is 2.12. The van der Waals surface area contributed by atoms with Crippen LogP contribution in [0.2, 0.25) is 0 Å². The Morgan fingerprint density at radius 1 is 1.33 bits per heavy atom. The molecule has 1 aromatic rings. The molecule has 0 unspecified atom stereocenters. The van der Waals surface area contributed by atoms with Crippen LogP contribution in [0.5, 0.6) is 0 Å². The van der Waals surface area contributed by atoms with Gasteiger partial charge in [0.05, 0.1) is 5.75 Å². The second kappa shape index (κ2) is 6.68. The molecule has 102 valence electrons. The summed E-state index contributed by atoms with van der Waals surface area (Å²) in [6.07, 6.45) is 1.28. The fourth-order valence-electron chi connectivity index (χ4n) is 1.85. The van der Waals surface area contributed by atoms with Crippen LogP contribution in [-0.2, 0) is 9.84 Å². The molecule has 1 N–H and O–H groups in total. The van der Waals surface area contributed by atoms with Crippen LogP contribution >= 0.6 is 15.9 Å². The average molecular weight is 334 g/mol. The Hall–Kier alpha value is -0.390. The molecule has 0 aliphatic heterocycles. The molecule has 0 aliphatic carbocycles. The highest BCUT2D eigenvalue weighted by Crippen LogP contribution is 2.18. The number of hydrogen-bond acceptors (Lipinski definition) is 3. The van der Waals surface area contributed by atoms with E-state index in [0.717, 1.165) is 4.47 Å². The van der Waals surface area contributed by atoms with Crippen molar-refractivity contribution >= 4 is 25.8 Å². The van der Waals surface area contributed by atoms with Crippen LogP contribution in [0.4, 0.5) is 0 Å². The van der Waals surface area contributed by atoms with Gasteiger partial charge < -0.3 is 5.32 Å². The summed E-state index contributed by atoms with van der Waals surface area (Å²) in [7, 11) is -2.89. The van der Waals surface area contributed by atoms with E-state index in [2.05, 4.69) is 40.3 Å². The monoisotopic (exact) mass is 333 g/mol. The van der Waals surface area contributed by atoms with Crippen molar-refractivity contribution in [1.29, 1.82) is 0 Å². The van der Waals surface area contributed by atoms with Crippen LogP contribution in [0, 0.1) is 5.92 Å². The molecule has 18 heavy (non-hydrogen) atoms. The third kappa shape index (κ3) is 5.98. The number of benzene rings is 1. The van der Waals surface area contributed by atoms with E-state index in [0.29, 0.717) is 6.54 Å². The maximum atomic E-state index is 11.2. The first-order chi connectivity index (χ1) is 8.28. The SMILES string of the molecule is C[C@@H](CN[C@@H](C)c1cccc(Br)c1)CS(C)(=O)=O. The van der Waals surface area contributed by atoms with E-state index in [1.54, 1.807) is 0 Å². The Morgan fingerprint density at radius 2 is 2.00 bits per heavy atom. The summed E-state index contributed by atoms with van der Waals surface area (Å²) in [6.45, 7) is 4.72. The molecule has 0 amide bonds. The van der Waals surface area contributed by atoms with E-state index in [1.165, 1.54) is 11.8 Å². The molecule has 0 aliphatic rings. The molecule has 0 saturated carbocycles. The molecule has 2 atom stereocenters. The molecule has 0 fully saturated rings. The molecular weight excluding hydrogens is 314 g/mol. The molecule has 0 heterocycles. The van der Waals surface area contributed by atoms with Crippen molar-refractivity contribution < 1.29 is 8.42 Å². The first-order valence-corrected chi connectivity index (χ1v) is 8.80. The predicted molar refractivity (Wildman–Crippen MR) is 79.4 cm³/mol. The van der Waals surface area contributed by atoms with E-state index in [1.807, 2.05) is 19.1 Å². The highest BCUT2D eigenvalue weighted by molar-refractivity contribution is 9.10. The Kier molecular flexibility index (Phi) is 5.82. The molecule has 0 saturated heterocycles. The highest BCUT2D eigenvalue weighted by atomic mass is 79.9. The summed E-state index contributed by atoms with van der Waals surface area (Å²) in [6, 6.07) is 8.33. The largest absolute Gasteiger partial charge is 0.310 e. The van der Waals surface area contributed by atoms with Crippen LogP contribution in [0.3, 0.4) is 0 Å². The van der Waals surface area contributed by atoms with E-state index < -0.39 is 9.84 Å². The van der Waals surface area contributed by atoms with Gasteiger partial charge in [0, 0.05) is 16.8 Å². The van der Waals surface area contributed by atoms with Gasteiger partial charge in [-0.05, 0) is 37.1 Å². The van der Waals surface area contributed by atoms with Gasteiger partial charge in [0.1, 0.15) is 9.84 Å². The lowest BCUT2D eigenvalue weighted by Gasteiger charge is -2.17. The van der Waals surface area contributed by atoms with Crippen molar-refractivity contribution in [3.05, 3.63) is 34.3 Å². The van der Waals surface area contributed by atoms with Crippen molar-refractivity contribution in [2.45, 2.75) is 19.9 Å². The van der Waals surface area contributed by atoms with E-state index in [-0.39, 0.29) is 17.7 Å². The van der Waals surface area contributed by atoms with Crippen molar-refractivity contribution in [2.75, 3.05) is 18.6 Å². The molecule has 0 bridgehead atoms. The summed E-state index contributed by atoms with van der Waals surface area (Å²) >= 11 is 3.44. The Bertz CT molecular complexity index is 488. The van der Waals surface area contributed by atoms with Crippen LogP contribution in [0.15, 0.2) is 28.7 Å². The first-order valence-electron chi connectivity index (χ1n) is 5.94. The zero-order chi connectivity index (χ0) is 13.8. The van der Waals surface area contributed by atoms with Crippen molar-refractivity contribution in [2.24, 2.45) is 5.92 Å². The smallest absolute Gasteiger partial charge is 0.147 e. The quantitative estimate of drug-likeness (QED) is 0.870. The third-order valence-corrected chi connectivity index (χ3v) is 4.38. The van der Waals surface area contributed by atoms with E-state index in [4.69, 9.17) is 0 Å². The zero-order valence-corrected chi connectivity index (χ0v) is 13.4. The molecule has 0 radical (unpaired) electrons. The van der Waals surface area contributed by atoms with Crippen LogP contribution in [-0.4, -0.2) is 27.0 Å². The van der Waals surface area contributed by atoms with Gasteiger partial charge in [-0.2, -0.15) is 0 Å². The molecule has 5 heteroatoms. The molecule has 1 aromatic carbocycles. The summed E-state index contributed by atoms with van der Waals surface area (Å²) in [5.74, 6) is 0.347. The zero-order valence-electron chi connectivity index (χ0n) is 11.0. The molecule has 0 aromatic heterocycles. The van der Waals surface area contributed by atoms with Crippen molar-refractivity contribution in [3.8, 4) is 0 Å². The van der Waals surface area contributed by atoms with Gasteiger partial charge in [0.15, 0.2) is 0 Å². The topological polar surface area (TPSA) is 46.2 Å². The van der Waals surface area contributed by atoms with E-state index >= 15 is 0 Å². The Labute approximate surface area is 118 Å². The van der Waals surface area contributed by atoms with Crippen LogP contribution < -0.4 is 5.32 Å². The van der Waals surface area contributed by atoms with Crippen molar-refractivity contribution in [3.63, 3.8) is 0 Å². The van der Waals surface area contributed by atoms with Gasteiger partial charge >= 0.3 is 0 Å². The first kappa shape index (κ1) is 15.7. The number of nitrogens with one attached hydrogen (secondary N) is 1. The third-order valence-electron chi connectivity index (χ3n) is 2.71. The van der Waals surface area contributed by atoms with Gasteiger partial charge in [-0.3, -0.25) is 0 Å². The lowest BCUT2D eigenvalue weighted by Crippen LogP contribution is -2.28. The lowest BCUT2D eigenvalue weighted by molar-refractivity contribution is 0.491. The average Bonchev–Trinajstić information content (AvgIpc) is 2.23. The van der Waals surface area contributed by atoms with Gasteiger partial charge in [0.2, 0.25) is 0 Å². The normalized spacial score (nSPS) is 15.3. The second-order valence-corrected chi connectivity index (χ2v) is 7.98. The number of sulfone groups is 1. The lowest BCUT2D eigenvalue weighted by atomic mass is 10.1. The van der Waals surface area contributed by atoms with E-state index in [9.17, 15) is 8.42 Å². The van der Waals surface area contributed by atoms with Crippen LogP contribution in [0.1, 0.15) is 25.5 Å². The Morgan fingerprint density at radius 3 is 2.56 bits per heavy atom. The van der Waals surface area contributed by atoms with Gasteiger partial charge in [0.25, 0.3) is 0 Å². The maximum absolute atomic E-state index is 11.2. The molecular formula is C13H20BrNO2S. The Balaban J connectivity index is 2.49. The molecule has 1 rings (SSSR count). The molecule has 0 spiro atoms. The predicted octanol–water partition coefficient (Wildman–Crippen LogP) is 2.78. The summed E-state index contributed by atoms with van der Waals surface area (Å²) in [5.41, 5.74) is 1.19. The minimum atomic E-state index is -2.89. The van der Waals surface area contributed by atoms with Gasteiger partial charge in [-0.1, -0.05) is 35.0 Å². The van der Waals surface area contributed by atoms with Crippen molar-refractivity contribution in [1.82, 2.24) is 5.32 Å². The fraction of sp³-hybridized carbons (Fsp3) is 0.538. The summed E-state index contributed by atoms with van der Waals surface area (Å²) in [5, 5.41) is 3.36. The summed E-state index contributed by atoms with van der Waals surface area (Å²) < 4.78 is 23.4. The minimum absolute atomic E-state index is 0.120. The minimum Gasteiger partial charge on any atom is -0.310 e. The van der Waals surface area contributed by atoms with Crippen LogP contribution in [0.25, 0.3) is 0 Å². The fourth-order valence-corrected chi connectivity index (χ4v) is 3.42. The van der Waals surface area contributed by atoms with Gasteiger partial charge in [-0.15, -0.1) is 0 Å². The molecule has 3 nitrogen and oxygen atoms in total. The number of rotatable bonds is 6. The summed E-state index contributed by atoms with van der Waals surface area (Å²) in [4.78, 5) is 0.